The minimum absolute atomic E-state index is 0.0572. The van der Waals surface area contributed by atoms with Gasteiger partial charge in [-0.2, -0.15) is 0 Å². The number of hydrogen-bond donors (Lipinski definition) is 1. The summed E-state index contributed by atoms with van der Waals surface area (Å²) in [5.41, 5.74) is 0.534. The molecule has 2 aliphatic rings. The van der Waals surface area contributed by atoms with Gasteiger partial charge in [0.25, 0.3) is 0 Å². The molecular formula is C15H15NO4. The van der Waals surface area contributed by atoms with Crippen molar-refractivity contribution in [3.05, 3.63) is 35.4 Å². The Morgan fingerprint density at radius 2 is 2.05 bits per heavy atom. The molecule has 0 radical (unpaired) electrons. The monoisotopic (exact) mass is 273 g/mol. The highest BCUT2D eigenvalue weighted by Gasteiger charge is 2.53. The Kier molecular flexibility index (Phi) is 2.85. The van der Waals surface area contributed by atoms with Crippen molar-refractivity contribution in [1.29, 1.82) is 0 Å². The summed E-state index contributed by atoms with van der Waals surface area (Å²) in [4.78, 5) is 37.3. The minimum Gasteiger partial charge on any atom is -0.481 e. The molecule has 0 saturated carbocycles. The second-order valence-electron chi connectivity index (χ2n) is 5.39. The van der Waals surface area contributed by atoms with Gasteiger partial charge in [0, 0.05) is 24.9 Å². The highest BCUT2D eigenvalue weighted by Crippen LogP contribution is 2.42. The molecule has 104 valence electrons. The summed E-state index contributed by atoms with van der Waals surface area (Å²) < 4.78 is 0. The predicted octanol–water partition coefficient (Wildman–Crippen LogP) is 1.61. The van der Waals surface area contributed by atoms with Crippen LogP contribution < -0.4 is 0 Å². The van der Waals surface area contributed by atoms with E-state index in [0.29, 0.717) is 24.9 Å². The van der Waals surface area contributed by atoms with Gasteiger partial charge in [0.15, 0.2) is 5.78 Å². The van der Waals surface area contributed by atoms with E-state index < -0.39 is 11.5 Å². The number of fused-ring (bicyclic) bond motifs is 2. The summed E-state index contributed by atoms with van der Waals surface area (Å²) in [5.74, 6) is -1.10. The number of benzene rings is 1. The topological polar surface area (TPSA) is 74.7 Å². The molecule has 1 atom stereocenters. The first-order valence-corrected chi connectivity index (χ1v) is 6.69. The molecule has 1 amide bonds. The first kappa shape index (κ1) is 12.8. The van der Waals surface area contributed by atoms with Gasteiger partial charge in [-0.25, -0.2) is 0 Å². The fourth-order valence-corrected chi connectivity index (χ4v) is 3.29. The van der Waals surface area contributed by atoms with Gasteiger partial charge in [0.1, 0.15) is 5.54 Å². The third-order valence-corrected chi connectivity index (χ3v) is 4.34. The van der Waals surface area contributed by atoms with Crippen LogP contribution in [0, 0.1) is 0 Å². The molecule has 2 aliphatic heterocycles. The maximum absolute atomic E-state index is 12.8. The molecule has 0 aliphatic carbocycles. The molecule has 1 saturated heterocycles. The fraction of sp³-hybridized carbons (Fsp3) is 0.400. The van der Waals surface area contributed by atoms with E-state index in [1.54, 1.807) is 17.0 Å². The number of rotatable bonds is 3. The van der Waals surface area contributed by atoms with E-state index >= 15 is 0 Å². The molecule has 1 fully saturated rings. The van der Waals surface area contributed by atoms with Crippen molar-refractivity contribution < 1.29 is 19.5 Å². The van der Waals surface area contributed by atoms with Crippen LogP contribution in [0.5, 0.6) is 0 Å². The van der Waals surface area contributed by atoms with Crippen LogP contribution in [-0.4, -0.2) is 33.2 Å². The number of carbonyl (C=O) groups excluding carboxylic acids is 2. The Hall–Kier alpha value is -2.17. The molecule has 1 aromatic rings. The summed E-state index contributed by atoms with van der Waals surface area (Å²) in [6.45, 7) is 0.403. The molecule has 1 unspecified atom stereocenters. The highest BCUT2D eigenvalue weighted by molar-refractivity contribution is 6.09. The maximum atomic E-state index is 12.8. The minimum atomic E-state index is -0.941. The number of nitrogens with zero attached hydrogens (tertiary/aromatic N) is 1. The lowest BCUT2D eigenvalue weighted by Crippen LogP contribution is -2.54. The maximum Gasteiger partial charge on any atom is 0.303 e. The average Bonchev–Trinajstić information content (AvgIpc) is 2.76. The highest BCUT2D eigenvalue weighted by atomic mass is 16.4. The Morgan fingerprint density at radius 1 is 1.30 bits per heavy atom. The van der Waals surface area contributed by atoms with E-state index in [-0.39, 0.29) is 24.5 Å². The van der Waals surface area contributed by atoms with Crippen LogP contribution in [0.25, 0.3) is 0 Å². The first-order chi connectivity index (χ1) is 9.54. The summed E-state index contributed by atoms with van der Waals surface area (Å²) >= 11 is 0. The lowest BCUT2D eigenvalue weighted by atomic mass is 9.78. The van der Waals surface area contributed by atoms with E-state index in [1.807, 2.05) is 12.1 Å². The summed E-state index contributed by atoms with van der Waals surface area (Å²) in [5, 5.41) is 8.89. The van der Waals surface area contributed by atoms with E-state index in [1.165, 1.54) is 0 Å². The second kappa shape index (κ2) is 4.44. The largest absolute Gasteiger partial charge is 0.481 e. The van der Waals surface area contributed by atoms with Gasteiger partial charge < -0.3 is 10.0 Å². The van der Waals surface area contributed by atoms with Crippen molar-refractivity contribution in [2.75, 3.05) is 0 Å². The number of carboxylic acid groups (broad SMARTS) is 1. The third-order valence-electron chi connectivity index (χ3n) is 4.34. The molecule has 5 heteroatoms. The fourth-order valence-electron chi connectivity index (χ4n) is 3.29. The molecular weight excluding hydrogens is 258 g/mol. The number of hydrogen-bond acceptors (Lipinski definition) is 3. The van der Waals surface area contributed by atoms with Crippen LogP contribution in [0.1, 0.15) is 41.6 Å². The molecule has 5 nitrogen and oxygen atoms in total. The third kappa shape index (κ3) is 1.73. The van der Waals surface area contributed by atoms with Crippen LogP contribution in [0.2, 0.25) is 0 Å². The molecule has 1 N–H and O–H groups in total. The lowest BCUT2D eigenvalue weighted by molar-refractivity contribution is -0.139. The number of carboxylic acids is 1. The zero-order chi connectivity index (χ0) is 14.3. The quantitative estimate of drug-likeness (QED) is 0.907. The van der Waals surface area contributed by atoms with E-state index in [2.05, 4.69) is 0 Å². The lowest BCUT2D eigenvalue weighted by Gasteiger charge is -2.41. The molecule has 20 heavy (non-hydrogen) atoms. The van der Waals surface area contributed by atoms with Crippen molar-refractivity contribution in [1.82, 2.24) is 4.90 Å². The SMILES string of the molecule is O=C(O)CCC12CCC(=O)N1Cc1ccccc1C2=O. The predicted molar refractivity (Wildman–Crippen MR) is 70.2 cm³/mol. The normalized spacial score (nSPS) is 24.5. The molecule has 2 heterocycles. The molecule has 0 spiro atoms. The van der Waals surface area contributed by atoms with Crippen molar-refractivity contribution in [3.8, 4) is 0 Å². The molecule has 0 bridgehead atoms. The Bertz CT molecular complexity index is 610. The van der Waals surface area contributed by atoms with Crippen LogP contribution in [0.4, 0.5) is 0 Å². The van der Waals surface area contributed by atoms with Gasteiger partial charge in [0.05, 0.1) is 0 Å². The van der Waals surface area contributed by atoms with E-state index in [0.717, 1.165) is 5.56 Å². The van der Waals surface area contributed by atoms with Crippen LogP contribution in [0.3, 0.4) is 0 Å². The smallest absolute Gasteiger partial charge is 0.303 e. The molecule has 1 aromatic carbocycles. The Balaban J connectivity index is 2.04. The van der Waals surface area contributed by atoms with E-state index in [9.17, 15) is 14.4 Å². The number of carbonyl (C=O) groups is 3. The van der Waals surface area contributed by atoms with Gasteiger partial charge in [-0.05, 0) is 18.4 Å². The standard InChI is InChI=1S/C15H15NO4/c17-12-5-7-15(8-6-13(18)19)14(20)11-4-2-1-3-10(11)9-16(12)15/h1-4H,5-9H2,(H,18,19). The Labute approximate surface area is 116 Å². The number of ketones is 1. The van der Waals surface area contributed by atoms with Crippen molar-refractivity contribution in [2.24, 2.45) is 0 Å². The van der Waals surface area contributed by atoms with Crippen LogP contribution >= 0.6 is 0 Å². The van der Waals surface area contributed by atoms with Crippen molar-refractivity contribution in [3.63, 3.8) is 0 Å². The Morgan fingerprint density at radius 3 is 2.80 bits per heavy atom. The van der Waals surface area contributed by atoms with Crippen LogP contribution in [0.15, 0.2) is 24.3 Å². The summed E-state index contributed by atoms with van der Waals surface area (Å²) in [7, 11) is 0. The zero-order valence-corrected chi connectivity index (χ0v) is 11.0. The van der Waals surface area contributed by atoms with Gasteiger partial charge in [-0.3, -0.25) is 14.4 Å². The second-order valence-corrected chi connectivity index (χ2v) is 5.39. The summed E-state index contributed by atoms with van der Waals surface area (Å²) in [6, 6.07) is 7.26. The molecule has 3 rings (SSSR count). The van der Waals surface area contributed by atoms with Crippen LogP contribution in [-0.2, 0) is 16.1 Å². The summed E-state index contributed by atoms with van der Waals surface area (Å²) in [6.07, 6.45) is 0.838. The number of amides is 1. The van der Waals surface area contributed by atoms with Crippen molar-refractivity contribution >= 4 is 17.7 Å². The zero-order valence-electron chi connectivity index (χ0n) is 11.0. The van der Waals surface area contributed by atoms with E-state index in [4.69, 9.17) is 5.11 Å². The van der Waals surface area contributed by atoms with Gasteiger partial charge in [-0.1, -0.05) is 24.3 Å². The number of aliphatic carboxylic acids is 1. The van der Waals surface area contributed by atoms with Gasteiger partial charge >= 0.3 is 5.97 Å². The van der Waals surface area contributed by atoms with Gasteiger partial charge in [-0.15, -0.1) is 0 Å². The number of Topliss-reactive ketones (excluding diaryl/α,β-unsaturated/α-hetero) is 1. The van der Waals surface area contributed by atoms with Crippen molar-refractivity contribution in [2.45, 2.75) is 37.8 Å². The first-order valence-electron chi connectivity index (χ1n) is 6.69. The molecule has 0 aromatic heterocycles. The average molecular weight is 273 g/mol. The van der Waals surface area contributed by atoms with Gasteiger partial charge in [0.2, 0.25) is 5.91 Å².